The van der Waals surface area contributed by atoms with Crippen LogP contribution in [0.2, 0.25) is 0 Å². The molecule has 3 atom stereocenters. The molecule has 2 saturated carbocycles. The van der Waals surface area contributed by atoms with Crippen LogP contribution in [-0.4, -0.2) is 11.8 Å². The summed E-state index contributed by atoms with van der Waals surface area (Å²) in [5, 5.41) is 0. The van der Waals surface area contributed by atoms with Gasteiger partial charge in [-0.3, -0.25) is 4.79 Å². The van der Waals surface area contributed by atoms with Gasteiger partial charge >= 0.3 is 0 Å². The Labute approximate surface area is 54.4 Å². The molecule has 0 saturated heterocycles. The van der Waals surface area contributed by atoms with E-state index in [1.165, 1.54) is 0 Å². The summed E-state index contributed by atoms with van der Waals surface area (Å²) < 4.78 is 0. The van der Waals surface area contributed by atoms with Crippen LogP contribution in [0.3, 0.4) is 0 Å². The number of hydrogen-bond acceptors (Lipinski definition) is 2. The van der Waals surface area contributed by atoms with Crippen molar-refractivity contribution < 1.29 is 4.79 Å². The normalized spacial score (nSPS) is 48.6. The molecule has 2 bridgehead atoms. The Morgan fingerprint density at radius 3 is 2.44 bits per heavy atom. The zero-order chi connectivity index (χ0) is 6.43. The topological polar surface area (TPSA) is 43.1 Å². The number of hydrogen-bond donors (Lipinski definition) is 1. The molecule has 0 amide bonds. The van der Waals surface area contributed by atoms with Crippen LogP contribution < -0.4 is 5.73 Å². The first-order chi connectivity index (χ1) is 4.29. The van der Waals surface area contributed by atoms with Crippen LogP contribution >= 0.6 is 0 Å². The van der Waals surface area contributed by atoms with Gasteiger partial charge in [-0.25, -0.2) is 0 Å². The highest BCUT2D eigenvalue weighted by molar-refractivity contribution is 5.88. The van der Waals surface area contributed by atoms with E-state index < -0.39 is 0 Å². The number of ketones is 1. The third-order valence-corrected chi connectivity index (χ3v) is 2.67. The van der Waals surface area contributed by atoms with Crippen molar-refractivity contribution in [3.05, 3.63) is 0 Å². The monoisotopic (exact) mass is 125 g/mol. The van der Waals surface area contributed by atoms with E-state index in [1.54, 1.807) is 0 Å². The zero-order valence-corrected chi connectivity index (χ0v) is 5.34. The van der Waals surface area contributed by atoms with Gasteiger partial charge in [0.1, 0.15) is 5.78 Å². The molecule has 2 rings (SSSR count). The molecule has 0 aromatic rings. The summed E-state index contributed by atoms with van der Waals surface area (Å²) in [6.45, 7) is 0. The van der Waals surface area contributed by atoms with Crippen molar-refractivity contribution in [3.63, 3.8) is 0 Å². The Kier molecular flexibility index (Phi) is 0.943. The van der Waals surface area contributed by atoms with Gasteiger partial charge in [-0.2, -0.15) is 0 Å². The second kappa shape index (κ2) is 1.57. The molecule has 0 spiro atoms. The lowest BCUT2D eigenvalue weighted by Gasteiger charge is -2.13. The first-order valence-corrected chi connectivity index (χ1v) is 3.58. The predicted molar refractivity (Wildman–Crippen MR) is 33.8 cm³/mol. The van der Waals surface area contributed by atoms with E-state index in [4.69, 9.17) is 5.73 Å². The van der Waals surface area contributed by atoms with E-state index in [9.17, 15) is 4.79 Å². The number of nitrogens with two attached hydrogens (primary N) is 1. The fourth-order valence-corrected chi connectivity index (χ4v) is 2.12. The molecular weight excluding hydrogens is 114 g/mol. The fraction of sp³-hybridized carbons (Fsp3) is 0.857. The minimum absolute atomic E-state index is 0.205. The standard InChI is InChI=1S/C7H11NO/c8-6-3-4-1-2-5(6)7(4)9/h4-6H,1-3,8H2/t4-,5-,6+/m1/s1. The van der Waals surface area contributed by atoms with Crippen LogP contribution in [0, 0.1) is 11.8 Å². The lowest BCUT2D eigenvalue weighted by Crippen LogP contribution is -2.27. The summed E-state index contributed by atoms with van der Waals surface area (Å²) in [5.41, 5.74) is 5.69. The maximum Gasteiger partial charge on any atom is 0.140 e. The smallest absolute Gasteiger partial charge is 0.140 e. The molecule has 2 aliphatic rings. The Morgan fingerprint density at radius 2 is 2.22 bits per heavy atom. The summed E-state index contributed by atoms with van der Waals surface area (Å²) in [6, 6.07) is 0.205. The molecule has 0 aliphatic heterocycles. The highest BCUT2D eigenvalue weighted by Gasteiger charge is 2.45. The number of carbonyl (C=O) groups is 1. The van der Waals surface area contributed by atoms with Gasteiger partial charge in [0.05, 0.1) is 0 Å². The minimum atomic E-state index is 0.205. The summed E-state index contributed by atoms with van der Waals surface area (Å²) in [7, 11) is 0. The Balaban J connectivity index is 2.26. The van der Waals surface area contributed by atoms with Crippen molar-refractivity contribution in [1.29, 1.82) is 0 Å². The number of Topliss-reactive ketones (excluding diaryl/α,β-unsaturated/α-hetero) is 1. The molecule has 0 heterocycles. The van der Waals surface area contributed by atoms with Crippen molar-refractivity contribution in [1.82, 2.24) is 0 Å². The average molecular weight is 125 g/mol. The van der Waals surface area contributed by atoms with E-state index in [0.29, 0.717) is 11.7 Å². The second-order valence-corrected chi connectivity index (χ2v) is 3.18. The molecule has 0 radical (unpaired) electrons. The maximum absolute atomic E-state index is 11.1. The van der Waals surface area contributed by atoms with Gasteiger partial charge in [0.15, 0.2) is 0 Å². The number of carbonyl (C=O) groups excluding carboxylic acids is 1. The van der Waals surface area contributed by atoms with Crippen LogP contribution in [0.25, 0.3) is 0 Å². The zero-order valence-electron chi connectivity index (χ0n) is 5.34. The quantitative estimate of drug-likeness (QED) is 0.506. The number of fused-ring (bicyclic) bond motifs is 2. The van der Waals surface area contributed by atoms with Crippen LogP contribution in [0.1, 0.15) is 19.3 Å². The number of rotatable bonds is 0. The minimum Gasteiger partial charge on any atom is -0.327 e. The molecular formula is C7H11NO. The van der Waals surface area contributed by atoms with Crippen molar-refractivity contribution in [2.75, 3.05) is 0 Å². The third-order valence-electron chi connectivity index (χ3n) is 2.67. The highest BCUT2D eigenvalue weighted by atomic mass is 16.1. The fourth-order valence-electron chi connectivity index (χ4n) is 2.12. The van der Waals surface area contributed by atoms with Crippen LogP contribution in [0.15, 0.2) is 0 Å². The van der Waals surface area contributed by atoms with E-state index >= 15 is 0 Å². The van der Waals surface area contributed by atoms with Gasteiger partial charge in [0, 0.05) is 17.9 Å². The molecule has 2 nitrogen and oxygen atoms in total. The van der Waals surface area contributed by atoms with Gasteiger partial charge < -0.3 is 5.73 Å². The molecule has 0 unspecified atom stereocenters. The largest absolute Gasteiger partial charge is 0.327 e. The predicted octanol–water partition coefficient (Wildman–Crippen LogP) is 0.313. The first-order valence-electron chi connectivity index (χ1n) is 3.58. The second-order valence-electron chi connectivity index (χ2n) is 3.18. The summed E-state index contributed by atoms with van der Waals surface area (Å²) in [6.07, 6.45) is 3.13. The SMILES string of the molecule is N[C@H]1C[C@H]2CC[C@H]1C2=O. The average Bonchev–Trinajstić information content (AvgIpc) is 2.25. The highest BCUT2D eigenvalue weighted by Crippen LogP contribution is 2.40. The van der Waals surface area contributed by atoms with Crippen LogP contribution in [0.4, 0.5) is 0 Å². The Hall–Kier alpha value is -0.370. The molecule has 2 N–H and O–H groups in total. The molecule has 0 aromatic carbocycles. The van der Waals surface area contributed by atoms with E-state index in [2.05, 4.69) is 0 Å². The molecule has 9 heavy (non-hydrogen) atoms. The lowest BCUT2D eigenvalue weighted by molar-refractivity contribution is -0.121. The van der Waals surface area contributed by atoms with Crippen molar-refractivity contribution in [2.45, 2.75) is 25.3 Å². The van der Waals surface area contributed by atoms with Gasteiger partial charge in [-0.05, 0) is 19.3 Å². The van der Waals surface area contributed by atoms with Gasteiger partial charge in [0.25, 0.3) is 0 Å². The van der Waals surface area contributed by atoms with E-state index in [0.717, 1.165) is 19.3 Å². The van der Waals surface area contributed by atoms with Gasteiger partial charge in [0.2, 0.25) is 0 Å². The third kappa shape index (κ3) is 0.568. The van der Waals surface area contributed by atoms with Crippen molar-refractivity contribution in [2.24, 2.45) is 17.6 Å². The van der Waals surface area contributed by atoms with Crippen molar-refractivity contribution >= 4 is 5.78 Å². The van der Waals surface area contributed by atoms with E-state index in [1.807, 2.05) is 0 Å². The lowest BCUT2D eigenvalue weighted by atomic mass is 9.96. The Morgan fingerprint density at radius 1 is 1.44 bits per heavy atom. The molecule has 2 fully saturated rings. The Bertz CT molecular complexity index is 155. The summed E-state index contributed by atoms with van der Waals surface area (Å²) in [4.78, 5) is 11.1. The van der Waals surface area contributed by atoms with E-state index in [-0.39, 0.29) is 12.0 Å². The molecule has 2 aliphatic carbocycles. The van der Waals surface area contributed by atoms with Crippen LogP contribution in [-0.2, 0) is 4.79 Å². The van der Waals surface area contributed by atoms with Crippen molar-refractivity contribution in [3.8, 4) is 0 Å². The first kappa shape index (κ1) is 5.42. The molecule has 0 aromatic heterocycles. The van der Waals surface area contributed by atoms with Crippen LogP contribution in [0.5, 0.6) is 0 Å². The van der Waals surface area contributed by atoms with Gasteiger partial charge in [-0.15, -0.1) is 0 Å². The molecule has 50 valence electrons. The van der Waals surface area contributed by atoms with Gasteiger partial charge in [-0.1, -0.05) is 0 Å². The molecule has 2 heteroatoms. The summed E-state index contributed by atoms with van der Waals surface area (Å²) in [5.74, 6) is 1.04. The summed E-state index contributed by atoms with van der Waals surface area (Å²) >= 11 is 0. The maximum atomic E-state index is 11.1.